The number of benzene rings is 2. The van der Waals surface area contributed by atoms with Crippen LogP contribution in [0.3, 0.4) is 0 Å². The topological polar surface area (TPSA) is 38.8 Å². The molecule has 2 aromatic rings. The highest BCUT2D eigenvalue weighted by atomic mass is 19.4. The average Bonchev–Trinajstić information content (AvgIpc) is 2.77. The molecule has 0 aromatic heterocycles. The van der Waals surface area contributed by atoms with E-state index in [9.17, 15) is 35.5 Å². The Morgan fingerprint density at radius 3 is 2.03 bits per heavy atom. The summed E-state index contributed by atoms with van der Waals surface area (Å²) in [5, 5.41) is 0. The van der Waals surface area contributed by atoms with Gasteiger partial charge in [-0.15, -0.1) is 0 Å². The maximum absolute atomic E-state index is 13.4. The van der Waals surface area contributed by atoms with Crippen LogP contribution in [0.25, 0.3) is 0 Å². The summed E-state index contributed by atoms with van der Waals surface area (Å²) in [4.78, 5) is 14.1. The first-order valence-electron chi connectivity index (χ1n) is 11.6. The van der Waals surface area contributed by atoms with Crippen LogP contribution < -0.4 is 0 Å². The molecule has 0 aliphatic carbocycles. The van der Waals surface area contributed by atoms with Crippen LogP contribution in [0.15, 0.2) is 42.5 Å². The molecule has 1 aliphatic heterocycles. The van der Waals surface area contributed by atoms with Crippen molar-refractivity contribution in [2.45, 2.75) is 57.7 Å². The van der Waals surface area contributed by atoms with Crippen molar-refractivity contribution < 1.29 is 45.0 Å². The van der Waals surface area contributed by atoms with E-state index in [2.05, 4.69) is 0 Å². The Balaban J connectivity index is 1.78. The van der Waals surface area contributed by atoms with Gasteiger partial charge in [0.2, 0.25) is 0 Å². The van der Waals surface area contributed by atoms with Gasteiger partial charge in [0.15, 0.2) is 0 Å². The quantitative estimate of drug-likeness (QED) is 0.374. The zero-order valence-corrected chi connectivity index (χ0v) is 20.5. The molecule has 11 heteroatoms. The average molecular weight is 536 g/mol. The number of amides is 1. The molecule has 1 fully saturated rings. The van der Waals surface area contributed by atoms with Crippen LogP contribution in [0.4, 0.5) is 35.5 Å². The first kappa shape index (κ1) is 28.7. The molecule has 1 heterocycles. The van der Waals surface area contributed by atoms with Crippen molar-refractivity contribution >= 4 is 6.09 Å². The summed E-state index contributed by atoms with van der Waals surface area (Å²) in [6.07, 6.45) is -9.97. The lowest BCUT2D eigenvalue weighted by Crippen LogP contribution is -2.46. The summed E-state index contributed by atoms with van der Waals surface area (Å²) in [7, 11) is 0. The van der Waals surface area contributed by atoms with Gasteiger partial charge in [-0.3, -0.25) is 0 Å². The minimum absolute atomic E-state index is 0.0566. The largest absolute Gasteiger partial charge is 0.444 e. The highest BCUT2D eigenvalue weighted by molar-refractivity contribution is 5.68. The maximum atomic E-state index is 13.4. The highest BCUT2D eigenvalue weighted by Crippen LogP contribution is 2.37. The molecule has 1 aliphatic rings. The van der Waals surface area contributed by atoms with Gasteiger partial charge in [0.05, 0.1) is 24.3 Å². The van der Waals surface area contributed by atoms with Gasteiger partial charge < -0.3 is 14.4 Å². The number of hydrogen-bond donors (Lipinski definition) is 0. The molecule has 0 radical (unpaired) electrons. The second kappa shape index (κ2) is 10.9. The number of carbonyl (C=O) groups excluding carboxylic acids is 1. The molecule has 2 atom stereocenters. The number of carbonyl (C=O) groups is 1. The molecule has 0 unspecified atom stereocenters. The molecule has 204 valence electrons. The lowest BCUT2D eigenvalue weighted by atomic mass is 9.81. The number of piperidine rings is 1. The Labute approximate surface area is 210 Å². The number of alkyl halides is 6. The van der Waals surface area contributed by atoms with Crippen molar-refractivity contribution in [3.05, 3.63) is 70.5 Å². The molecular weight excluding hydrogens is 507 g/mol. The Kier molecular flexibility index (Phi) is 8.46. The number of hydrogen-bond acceptors (Lipinski definition) is 3. The summed E-state index contributed by atoms with van der Waals surface area (Å²) in [5.41, 5.74) is -3.05. The van der Waals surface area contributed by atoms with Crippen molar-refractivity contribution in [2.75, 3.05) is 19.7 Å². The third-order valence-corrected chi connectivity index (χ3v) is 5.93. The highest BCUT2D eigenvalue weighted by Gasteiger charge is 2.37. The van der Waals surface area contributed by atoms with Crippen molar-refractivity contribution in [3.8, 4) is 0 Å². The second-order valence-electron chi connectivity index (χ2n) is 10.1. The Hall–Kier alpha value is -2.82. The number of rotatable bonds is 5. The second-order valence-corrected chi connectivity index (χ2v) is 10.1. The van der Waals surface area contributed by atoms with Gasteiger partial charge in [-0.2, -0.15) is 26.3 Å². The summed E-state index contributed by atoms with van der Waals surface area (Å²) in [6.45, 7) is 5.16. The number of nitrogens with zero attached hydrogens (tertiary/aromatic N) is 1. The molecular formula is C26H28F7NO3. The van der Waals surface area contributed by atoms with E-state index in [1.165, 1.54) is 17.0 Å². The fourth-order valence-electron chi connectivity index (χ4n) is 4.27. The van der Waals surface area contributed by atoms with Crippen LogP contribution in [-0.4, -0.2) is 36.3 Å². The Morgan fingerprint density at radius 1 is 0.946 bits per heavy atom. The van der Waals surface area contributed by atoms with Gasteiger partial charge in [-0.1, -0.05) is 12.1 Å². The summed E-state index contributed by atoms with van der Waals surface area (Å²) in [5.74, 6) is -0.959. The zero-order valence-electron chi connectivity index (χ0n) is 20.5. The summed E-state index contributed by atoms with van der Waals surface area (Å²) < 4.78 is 103. The van der Waals surface area contributed by atoms with Crippen molar-refractivity contribution in [2.24, 2.45) is 5.92 Å². The fraction of sp³-hybridized carbons (Fsp3) is 0.500. The first-order chi connectivity index (χ1) is 17.0. The van der Waals surface area contributed by atoms with Gasteiger partial charge in [0, 0.05) is 19.0 Å². The van der Waals surface area contributed by atoms with Crippen molar-refractivity contribution in [1.29, 1.82) is 0 Å². The monoisotopic (exact) mass is 535 g/mol. The predicted octanol–water partition coefficient (Wildman–Crippen LogP) is 7.42. The molecule has 3 rings (SSSR count). The van der Waals surface area contributed by atoms with Crippen LogP contribution in [-0.2, 0) is 28.4 Å². The lowest BCUT2D eigenvalue weighted by molar-refractivity contribution is -0.143. The standard InChI is InChI=1S/C26H28F7NO3/c1-24(2,3)37-23(35)34-9-8-22(17-4-6-21(27)7-5-17)18(13-34)15-36-14-16-10-19(25(28,29)30)12-20(11-16)26(31,32)33/h4-7,10-12,18,22H,8-9,13-15H2,1-3H3/t18-,22-/m1/s1. The molecule has 0 spiro atoms. The number of ether oxygens (including phenoxy) is 2. The van der Waals surface area contributed by atoms with Gasteiger partial charge in [0.1, 0.15) is 11.4 Å². The van der Waals surface area contributed by atoms with Gasteiger partial charge in [0.25, 0.3) is 0 Å². The van der Waals surface area contributed by atoms with Crippen LogP contribution in [0.1, 0.15) is 55.4 Å². The van der Waals surface area contributed by atoms with E-state index in [-0.39, 0.29) is 36.6 Å². The molecule has 0 saturated carbocycles. The lowest BCUT2D eigenvalue weighted by Gasteiger charge is -2.39. The zero-order chi connectivity index (χ0) is 27.6. The van der Waals surface area contributed by atoms with Crippen LogP contribution in [0, 0.1) is 11.7 Å². The van der Waals surface area contributed by atoms with Crippen LogP contribution >= 0.6 is 0 Å². The number of halogens is 7. The van der Waals surface area contributed by atoms with E-state index >= 15 is 0 Å². The third-order valence-electron chi connectivity index (χ3n) is 5.93. The molecule has 4 nitrogen and oxygen atoms in total. The summed E-state index contributed by atoms with van der Waals surface area (Å²) >= 11 is 0. The number of likely N-dealkylation sites (tertiary alicyclic amines) is 1. The Morgan fingerprint density at radius 2 is 1.51 bits per heavy atom. The van der Waals surface area contributed by atoms with E-state index in [0.29, 0.717) is 25.1 Å². The molecule has 2 aromatic carbocycles. The Bertz CT molecular complexity index is 1040. The first-order valence-corrected chi connectivity index (χ1v) is 11.6. The molecule has 1 saturated heterocycles. The molecule has 0 bridgehead atoms. The van der Waals surface area contributed by atoms with Gasteiger partial charge in [-0.25, -0.2) is 9.18 Å². The maximum Gasteiger partial charge on any atom is 0.416 e. The van der Waals surface area contributed by atoms with E-state index in [0.717, 1.165) is 5.56 Å². The minimum atomic E-state index is -4.96. The summed E-state index contributed by atoms with van der Waals surface area (Å²) in [6, 6.07) is 7.13. The molecule has 1 amide bonds. The van der Waals surface area contributed by atoms with Gasteiger partial charge in [-0.05, 0) is 74.6 Å². The predicted molar refractivity (Wildman–Crippen MR) is 121 cm³/mol. The SMILES string of the molecule is CC(C)(C)OC(=O)N1CC[C@H](c2ccc(F)cc2)[C@@H](COCc2cc(C(F)(F)F)cc(C(F)(F)F)c2)C1. The van der Waals surface area contributed by atoms with E-state index in [1.807, 2.05) is 0 Å². The molecule has 0 N–H and O–H groups in total. The normalized spacial score (nSPS) is 19.1. The van der Waals surface area contributed by atoms with E-state index in [1.54, 1.807) is 32.9 Å². The minimum Gasteiger partial charge on any atom is -0.444 e. The van der Waals surface area contributed by atoms with Crippen molar-refractivity contribution in [3.63, 3.8) is 0 Å². The van der Waals surface area contributed by atoms with E-state index in [4.69, 9.17) is 9.47 Å². The fourth-order valence-corrected chi connectivity index (χ4v) is 4.27. The smallest absolute Gasteiger partial charge is 0.416 e. The van der Waals surface area contributed by atoms with Crippen LogP contribution in [0.2, 0.25) is 0 Å². The van der Waals surface area contributed by atoms with Crippen LogP contribution in [0.5, 0.6) is 0 Å². The van der Waals surface area contributed by atoms with Crippen molar-refractivity contribution in [1.82, 2.24) is 4.90 Å². The van der Waals surface area contributed by atoms with E-state index < -0.39 is 47.6 Å². The van der Waals surface area contributed by atoms with Gasteiger partial charge >= 0.3 is 18.4 Å². The molecule has 37 heavy (non-hydrogen) atoms. The third kappa shape index (κ3) is 8.08.